The van der Waals surface area contributed by atoms with Gasteiger partial charge in [0.2, 0.25) is 5.91 Å². The van der Waals surface area contributed by atoms with Gasteiger partial charge in [0.25, 0.3) is 0 Å². The lowest BCUT2D eigenvalue weighted by Crippen LogP contribution is -2.44. The molecule has 2 fully saturated rings. The summed E-state index contributed by atoms with van der Waals surface area (Å²) in [6.45, 7) is 2.92. The number of carbonyl (C=O) groups is 1. The van der Waals surface area contributed by atoms with Crippen molar-refractivity contribution in [1.29, 1.82) is 0 Å². The second kappa shape index (κ2) is 10.4. The number of benzene rings is 1. The monoisotopic (exact) mass is 398 g/mol. The minimum atomic E-state index is 0. The van der Waals surface area contributed by atoms with Gasteiger partial charge in [0.15, 0.2) is 0 Å². The van der Waals surface area contributed by atoms with Crippen LogP contribution in [-0.2, 0) is 4.79 Å². The predicted molar refractivity (Wildman–Crippen MR) is 110 cm³/mol. The molecule has 0 aromatic heterocycles. The van der Waals surface area contributed by atoms with Gasteiger partial charge >= 0.3 is 0 Å². The Morgan fingerprint density at radius 3 is 2.88 bits per heavy atom. The Morgan fingerprint density at radius 2 is 2.12 bits per heavy atom. The van der Waals surface area contributed by atoms with Gasteiger partial charge in [0.1, 0.15) is 5.75 Å². The normalized spacial score (nSPS) is 25.7. The van der Waals surface area contributed by atoms with Gasteiger partial charge in [-0.25, -0.2) is 0 Å². The van der Waals surface area contributed by atoms with Crippen LogP contribution in [0.1, 0.15) is 39.0 Å². The maximum Gasteiger partial charge on any atom is 0.237 e. The van der Waals surface area contributed by atoms with Crippen LogP contribution in [0.4, 0.5) is 0 Å². The molecule has 1 heterocycles. The van der Waals surface area contributed by atoms with Crippen molar-refractivity contribution in [2.45, 2.75) is 56.0 Å². The molecule has 0 radical (unpaired) electrons. The third kappa shape index (κ3) is 5.54. The largest absolute Gasteiger partial charge is 0.496 e. The Kier molecular flexibility index (Phi) is 8.58. The highest BCUT2D eigenvalue weighted by atomic mass is 35.5. The van der Waals surface area contributed by atoms with Crippen LogP contribution in [0.2, 0.25) is 0 Å². The number of fused-ring (bicyclic) bond motifs is 1. The topological polar surface area (TPSA) is 50.4 Å². The van der Waals surface area contributed by atoms with Gasteiger partial charge in [0.05, 0.1) is 13.2 Å². The molecule has 0 bridgehead atoms. The fraction of sp³-hybridized carbons (Fsp3) is 0.650. The summed E-state index contributed by atoms with van der Waals surface area (Å²) in [5.41, 5.74) is 0. The van der Waals surface area contributed by atoms with E-state index in [0.717, 1.165) is 29.4 Å². The minimum Gasteiger partial charge on any atom is -0.496 e. The van der Waals surface area contributed by atoms with E-state index in [1.165, 1.54) is 25.7 Å². The molecule has 146 valence electrons. The maximum atomic E-state index is 12.5. The number of ether oxygens (including phenoxy) is 1. The molecule has 1 aliphatic carbocycles. The summed E-state index contributed by atoms with van der Waals surface area (Å²) >= 11 is 1.79. The highest BCUT2D eigenvalue weighted by Crippen LogP contribution is 2.33. The standard InChI is InChI=1S/C20H30N2O2S.ClH/c1-14(13-25-19-10-6-5-9-18(19)24-2)12-21-20(23)17-11-15-7-3-4-8-16(15)22-17;/h5-6,9-10,14-17,22H,3-4,7-8,11-13H2,1-2H3,(H,21,23);1H. The molecule has 6 heteroatoms. The molecule has 1 aliphatic heterocycles. The van der Waals surface area contributed by atoms with Crippen LogP contribution in [0.15, 0.2) is 29.2 Å². The first-order valence-electron chi connectivity index (χ1n) is 9.47. The molecule has 2 aliphatic rings. The number of thioether (sulfide) groups is 1. The predicted octanol–water partition coefficient (Wildman–Crippen LogP) is 3.88. The van der Waals surface area contributed by atoms with E-state index in [2.05, 4.69) is 23.6 Å². The van der Waals surface area contributed by atoms with Crippen LogP contribution in [-0.4, -0.2) is 37.4 Å². The van der Waals surface area contributed by atoms with E-state index < -0.39 is 0 Å². The quantitative estimate of drug-likeness (QED) is 0.684. The highest BCUT2D eigenvalue weighted by molar-refractivity contribution is 7.99. The van der Waals surface area contributed by atoms with Gasteiger partial charge in [0, 0.05) is 23.2 Å². The Labute approximate surface area is 167 Å². The summed E-state index contributed by atoms with van der Waals surface area (Å²) in [5.74, 6) is 3.19. The molecular weight excluding hydrogens is 368 g/mol. The number of hydrogen-bond donors (Lipinski definition) is 2. The third-order valence-electron chi connectivity index (χ3n) is 5.40. The molecule has 4 unspecified atom stereocenters. The van der Waals surface area contributed by atoms with Crippen molar-refractivity contribution in [1.82, 2.24) is 10.6 Å². The van der Waals surface area contributed by atoms with Crippen molar-refractivity contribution in [2.75, 3.05) is 19.4 Å². The minimum absolute atomic E-state index is 0. The first-order valence-corrected chi connectivity index (χ1v) is 10.5. The van der Waals surface area contributed by atoms with Gasteiger partial charge < -0.3 is 15.4 Å². The average molecular weight is 399 g/mol. The van der Waals surface area contributed by atoms with Crippen LogP contribution in [0.25, 0.3) is 0 Å². The van der Waals surface area contributed by atoms with Crippen molar-refractivity contribution < 1.29 is 9.53 Å². The van der Waals surface area contributed by atoms with E-state index in [1.807, 2.05) is 18.2 Å². The number of carbonyl (C=O) groups excluding carboxylic acids is 1. The summed E-state index contributed by atoms with van der Waals surface area (Å²) in [6.07, 6.45) is 6.17. The number of nitrogens with one attached hydrogen (secondary N) is 2. The number of halogens is 1. The molecule has 2 N–H and O–H groups in total. The van der Waals surface area contributed by atoms with Crippen molar-refractivity contribution >= 4 is 30.1 Å². The van der Waals surface area contributed by atoms with Gasteiger partial charge in [-0.05, 0) is 43.2 Å². The lowest BCUT2D eigenvalue weighted by atomic mass is 9.85. The average Bonchev–Trinajstić information content (AvgIpc) is 3.09. The Bertz CT molecular complexity index is 573. The molecule has 1 aromatic rings. The summed E-state index contributed by atoms with van der Waals surface area (Å²) in [6, 6.07) is 8.67. The molecule has 26 heavy (non-hydrogen) atoms. The number of methoxy groups -OCH3 is 1. The first kappa shape index (κ1) is 21.4. The second-order valence-electron chi connectivity index (χ2n) is 7.42. The van der Waals surface area contributed by atoms with E-state index >= 15 is 0 Å². The molecule has 3 rings (SSSR count). The van der Waals surface area contributed by atoms with E-state index in [-0.39, 0.29) is 24.4 Å². The molecule has 1 aromatic carbocycles. The molecule has 1 saturated carbocycles. The second-order valence-corrected chi connectivity index (χ2v) is 8.48. The Hall–Kier alpha value is -0.910. The van der Waals surface area contributed by atoms with Crippen molar-refractivity contribution in [2.24, 2.45) is 11.8 Å². The van der Waals surface area contributed by atoms with E-state index in [1.54, 1.807) is 18.9 Å². The van der Waals surface area contributed by atoms with Gasteiger partial charge in [-0.1, -0.05) is 31.9 Å². The zero-order valence-corrected chi connectivity index (χ0v) is 17.3. The fourth-order valence-electron chi connectivity index (χ4n) is 3.95. The SMILES string of the molecule is COc1ccccc1SCC(C)CNC(=O)C1CC2CCCCC2N1.Cl. The first-order chi connectivity index (χ1) is 12.2. The van der Waals surface area contributed by atoms with Gasteiger partial charge in [-0.3, -0.25) is 4.79 Å². The van der Waals surface area contributed by atoms with Crippen LogP contribution in [0.3, 0.4) is 0 Å². The van der Waals surface area contributed by atoms with E-state index in [4.69, 9.17) is 4.74 Å². The summed E-state index contributed by atoms with van der Waals surface area (Å²) in [4.78, 5) is 13.6. The molecule has 1 amide bonds. The molecule has 4 nitrogen and oxygen atoms in total. The number of rotatable bonds is 7. The molecule has 0 spiro atoms. The van der Waals surface area contributed by atoms with Crippen LogP contribution >= 0.6 is 24.2 Å². The van der Waals surface area contributed by atoms with Crippen molar-refractivity contribution in [3.8, 4) is 5.75 Å². The maximum absolute atomic E-state index is 12.5. The van der Waals surface area contributed by atoms with Crippen LogP contribution in [0.5, 0.6) is 5.75 Å². The Balaban J connectivity index is 0.00000243. The zero-order valence-electron chi connectivity index (χ0n) is 15.7. The van der Waals surface area contributed by atoms with Crippen LogP contribution in [0, 0.1) is 11.8 Å². The van der Waals surface area contributed by atoms with Gasteiger partial charge in [-0.15, -0.1) is 24.2 Å². The number of amides is 1. The lowest BCUT2D eigenvalue weighted by molar-refractivity contribution is -0.123. The molecular formula is C20H31ClN2O2S. The van der Waals surface area contributed by atoms with Crippen molar-refractivity contribution in [3.05, 3.63) is 24.3 Å². The van der Waals surface area contributed by atoms with E-state index in [9.17, 15) is 4.79 Å². The smallest absolute Gasteiger partial charge is 0.237 e. The molecule has 1 saturated heterocycles. The van der Waals surface area contributed by atoms with Gasteiger partial charge in [-0.2, -0.15) is 0 Å². The summed E-state index contributed by atoms with van der Waals surface area (Å²) < 4.78 is 5.39. The Morgan fingerprint density at radius 1 is 1.35 bits per heavy atom. The van der Waals surface area contributed by atoms with Crippen LogP contribution < -0.4 is 15.4 Å². The fourth-order valence-corrected chi connectivity index (χ4v) is 5.00. The molecule has 4 atom stereocenters. The zero-order chi connectivity index (χ0) is 17.6. The third-order valence-corrected chi connectivity index (χ3v) is 6.78. The highest BCUT2D eigenvalue weighted by Gasteiger charge is 2.38. The summed E-state index contributed by atoms with van der Waals surface area (Å²) in [5, 5.41) is 6.71. The van der Waals surface area contributed by atoms with Crippen molar-refractivity contribution in [3.63, 3.8) is 0 Å². The summed E-state index contributed by atoms with van der Waals surface area (Å²) in [7, 11) is 1.70. The van der Waals surface area contributed by atoms with E-state index in [0.29, 0.717) is 17.9 Å². The lowest BCUT2D eigenvalue weighted by Gasteiger charge is -2.24. The number of para-hydroxylation sites is 1. The number of hydrogen-bond acceptors (Lipinski definition) is 4.